The van der Waals surface area contributed by atoms with Gasteiger partial charge in [-0.25, -0.2) is 4.98 Å². The molecule has 7 nitrogen and oxygen atoms in total. The second kappa shape index (κ2) is 9.79. The molecule has 1 aromatic heterocycles. The summed E-state index contributed by atoms with van der Waals surface area (Å²) in [5.41, 5.74) is 2.66. The fourth-order valence-electron chi connectivity index (χ4n) is 3.13. The summed E-state index contributed by atoms with van der Waals surface area (Å²) in [5, 5.41) is 3.92. The first kappa shape index (κ1) is 22.6. The van der Waals surface area contributed by atoms with E-state index < -0.39 is 13.4 Å². The molecule has 0 radical (unpaired) electrons. The second-order valence-corrected chi connectivity index (χ2v) is 9.66. The van der Waals surface area contributed by atoms with Crippen molar-refractivity contribution >= 4 is 34.3 Å². The molecule has 0 amide bonds. The number of aromatic nitrogens is 1. The molecule has 1 atom stereocenters. The molecule has 0 bridgehead atoms. The summed E-state index contributed by atoms with van der Waals surface area (Å²) >= 11 is 1.49. The van der Waals surface area contributed by atoms with Crippen LogP contribution in [0.1, 0.15) is 30.8 Å². The van der Waals surface area contributed by atoms with E-state index in [1.54, 1.807) is 46.3 Å². The Hall–Kier alpha value is -2.12. The lowest BCUT2D eigenvalue weighted by molar-refractivity contribution is 0.213. The van der Waals surface area contributed by atoms with Gasteiger partial charge in [0.1, 0.15) is 11.5 Å². The zero-order valence-electron chi connectivity index (χ0n) is 17.8. The Labute approximate surface area is 180 Å². The Balaban J connectivity index is 2.10. The molecule has 0 aliphatic rings. The van der Waals surface area contributed by atoms with Gasteiger partial charge in [-0.2, -0.15) is 0 Å². The third-order valence-corrected chi connectivity index (χ3v) is 7.70. The molecule has 0 fully saturated rings. The van der Waals surface area contributed by atoms with Crippen LogP contribution in [-0.2, 0) is 13.6 Å². The van der Waals surface area contributed by atoms with Crippen molar-refractivity contribution in [2.24, 2.45) is 0 Å². The third-order valence-electron chi connectivity index (χ3n) is 4.47. The monoisotopic (exact) mass is 450 g/mol. The van der Waals surface area contributed by atoms with Crippen LogP contribution >= 0.6 is 18.9 Å². The Kier molecular flexibility index (Phi) is 7.36. The van der Waals surface area contributed by atoms with Gasteiger partial charge in [0.25, 0.3) is 0 Å². The van der Waals surface area contributed by atoms with Crippen LogP contribution in [0.2, 0.25) is 0 Å². The van der Waals surface area contributed by atoms with Crippen molar-refractivity contribution in [3.05, 3.63) is 47.5 Å². The molecule has 0 aliphatic heterocycles. The lowest BCUT2D eigenvalue weighted by Gasteiger charge is -2.28. The maximum Gasteiger partial charge on any atom is 0.357 e. The summed E-state index contributed by atoms with van der Waals surface area (Å²) in [6.07, 6.45) is 0. The predicted molar refractivity (Wildman–Crippen MR) is 121 cm³/mol. The molecule has 30 heavy (non-hydrogen) atoms. The maximum atomic E-state index is 13.8. The van der Waals surface area contributed by atoms with Crippen molar-refractivity contribution in [3.8, 4) is 11.5 Å². The largest absolute Gasteiger partial charge is 0.497 e. The van der Waals surface area contributed by atoms with Crippen molar-refractivity contribution in [1.82, 2.24) is 4.98 Å². The highest BCUT2D eigenvalue weighted by molar-refractivity contribution is 7.54. The van der Waals surface area contributed by atoms with E-state index >= 15 is 0 Å². The lowest BCUT2D eigenvalue weighted by atomic mass is 10.2. The summed E-state index contributed by atoms with van der Waals surface area (Å²) in [5.74, 6) is 0.343. The smallest absolute Gasteiger partial charge is 0.357 e. The van der Waals surface area contributed by atoms with E-state index in [0.717, 1.165) is 15.8 Å². The normalized spacial score (nSPS) is 12.7. The number of fused-ring (bicyclic) bond motifs is 1. The third kappa shape index (κ3) is 4.78. The molecule has 1 heterocycles. The second-order valence-electron chi connectivity index (χ2n) is 6.52. The van der Waals surface area contributed by atoms with Gasteiger partial charge in [0.15, 0.2) is 10.9 Å². The highest BCUT2D eigenvalue weighted by Crippen LogP contribution is 2.62. The van der Waals surface area contributed by atoms with E-state index in [1.807, 2.05) is 19.1 Å². The van der Waals surface area contributed by atoms with Crippen LogP contribution in [-0.4, -0.2) is 32.4 Å². The Bertz CT molecular complexity index is 1050. The standard InChI is InChI=1S/C21H27N2O5PS/c1-6-27-29(24,28-7-2)20(16-10-9-15(25-4)13-18(16)26-5)23-21-22-17-11-8-14(3)12-19(17)30-21/h8-13,20H,6-7H2,1-5H3,(H,22,23). The van der Waals surface area contributed by atoms with E-state index in [0.29, 0.717) is 22.2 Å². The first-order valence-electron chi connectivity index (χ1n) is 9.68. The highest BCUT2D eigenvalue weighted by atomic mass is 32.1. The van der Waals surface area contributed by atoms with Crippen LogP contribution in [0.5, 0.6) is 11.5 Å². The number of anilines is 1. The van der Waals surface area contributed by atoms with Gasteiger partial charge in [0, 0.05) is 11.6 Å². The average Bonchev–Trinajstić information content (AvgIpc) is 3.13. The zero-order chi connectivity index (χ0) is 21.7. The van der Waals surface area contributed by atoms with Crippen molar-refractivity contribution in [2.45, 2.75) is 26.6 Å². The van der Waals surface area contributed by atoms with Crippen LogP contribution in [0.25, 0.3) is 10.2 Å². The van der Waals surface area contributed by atoms with Gasteiger partial charge >= 0.3 is 7.60 Å². The van der Waals surface area contributed by atoms with Gasteiger partial charge in [-0.15, -0.1) is 0 Å². The Morgan fingerprint density at radius 3 is 2.43 bits per heavy atom. The van der Waals surface area contributed by atoms with Gasteiger partial charge in [-0.05, 0) is 50.6 Å². The number of hydrogen-bond donors (Lipinski definition) is 1. The van der Waals surface area contributed by atoms with Crippen LogP contribution in [0.3, 0.4) is 0 Å². The molecular weight excluding hydrogens is 423 g/mol. The first-order valence-corrected chi connectivity index (χ1v) is 12.1. The summed E-state index contributed by atoms with van der Waals surface area (Å²) < 4.78 is 37.0. The number of thiazole rings is 1. The van der Waals surface area contributed by atoms with Crippen molar-refractivity contribution in [2.75, 3.05) is 32.8 Å². The molecule has 1 unspecified atom stereocenters. The number of methoxy groups -OCH3 is 2. The van der Waals surface area contributed by atoms with Gasteiger partial charge in [0.05, 0.1) is 37.6 Å². The van der Waals surface area contributed by atoms with E-state index in [4.69, 9.17) is 18.5 Å². The summed E-state index contributed by atoms with van der Waals surface area (Å²) in [4.78, 5) is 4.65. The minimum atomic E-state index is -3.60. The Morgan fingerprint density at radius 1 is 1.07 bits per heavy atom. The van der Waals surface area contributed by atoms with Crippen LogP contribution in [0, 0.1) is 6.92 Å². The van der Waals surface area contributed by atoms with Gasteiger partial charge in [-0.1, -0.05) is 17.4 Å². The van der Waals surface area contributed by atoms with E-state index in [2.05, 4.69) is 16.4 Å². The van der Waals surface area contributed by atoms with Crippen LogP contribution in [0.15, 0.2) is 36.4 Å². The molecule has 0 spiro atoms. The van der Waals surface area contributed by atoms with Gasteiger partial charge in [0.2, 0.25) is 0 Å². The van der Waals surface area contributed by atoms with Crippen LogP contribution in [0.4, 0.5) is 5.13 Å². The molecule has 0 saturated carbocycles. The number of benzene rings is 2. The molecule has 3 aromatic rings. The van der Waals surface area contributed by atoms with Gasteiger partial charge in [-0.3, -0.25) is 4.57 Å². The molecule has 1 N–H and O–H groups in total. The first-order chi connectivity index (χ1) is 14.4. The van der Waals surface area contributed by atoms with Crippen molar-refractivity contribution < 1.29 is 23.1 Å². The molecule has 0 saturated heterocycles. The zero-order valence-corrected chi connectivity index (χ0v) is 19.5. The molecule has 3 rings (SSSR count). The number of hydrogen-bond acceptors (Lipinski definition) is 8. The minimum absolute atomic E-state index is 0.243. The van der Waals surface area contributed by atoms with E-state index in [9.17, 15) is 4.57 Å². The fraction of sp³-hybridized carbons (Fsp3) is 0.381. The fourth-order valence-corrected chi connectivity index (χ4v) is 6.13. The number of nitrogens with zero attached hydrogens (tertiary/aromatic N) is 1. The molecule has 2 aromatic carbocycles. The summed E-state index contributed by atoms with van der Waals surface area (Å²) in [6, 6.07) is 11.4. The molecule has 162 valence electrons. The Morgan fingerprint density at radius 2 is 1.80 bits per heavy atom. The van der Waals surface area contributed by atoms with E-state index in [-0.39, 0.29) is 13.2 Å². The SMILES string of the molecule is CCOP(=O)(OCC)C(Nc1nc2ccc(C)cc2s1)c1ccc(OC)cc1OC. The number of rotatable bonds is 10. The maximum absolute atomic E-state index is 13.8. The highest BCUT2D eigenvalue weighted by Gasteiger charge is 2.39. The van der Waals surface area contributed by atoms with Gasteiger partial charge < -0.3 is 23.8 Å². The average molecular weight is 450 g/mol. The summed E-state index contributed by atoms with van der Waals surface area (Å²) in [6.45, 7) is 6.10. The predicted octanol–water partition coefficient (Wildman–Crippen LogP) is 6.00. The topological polar surface area (TPSA) is 78.9 Å². The summed E-state index contributed by atoms with van der Waals surface area (Å²) in [7, 11) is -0.459. The number of aryl methyl sites for hydroxylation is 1. The van der Waals surface area contributed by atoms with E-state index in [1.165, 1.54) is 11.3 Å². The molecule has 0 aliphatic carbocycles. The number of ether oxygens (including phenoxy) is 2. The van der Waals surface area contributed by atoms with Crippen molar-refractivity contribution in [3.63, 3.8) is 0 Å². The molecular formula is C21H27N2O5PS. The van der Waals surface area contributed by atoms with Crippen molar-refractivity contribution in [1.29, 1.82) is 0 Å². The lowest BCUT2D eigenvalue weighted by Crippen LogP contribution is -2.16. The quantitative estimate of drug-likeness (QED) is 0.380. The van der Waals surface area contributed by atoms with Crippen LogP contribution < -0.4 is 14.8 Å². The molecule has 9 heteroatoms. The number of nitrogens with one attached hydrogen (secondary N) is 1. The minimum Gasteiger partial charge on any atom is -0.497 e.